The van der Waals surface area contributed by atoms with E-state index in [0.717, 1.165) is 42.6 Å². The fourth-order valence-electron chi connectivity index (χ4n) is 4.16. The molecule has 2 amide bonds. The Kier molecular flexibility index (Phi) is 8.51. The molecule has 3 rings (SSSR count). The normalized spacial score (nSPS) is 15.2. The monoisotopic (exact) mass is 422 g/mol. The van der Waals surface area contributed by atoms with Gasteiger partial charge < -0.3 is 15.0 Å². The fraction of sp³-hybridized carbons (Fsp3) is 0.462. The molecule has 0 bridgehead atoms. The van der Waals surface area contributed by atoms with Gasteiger partial charge in [0.25, 0.3) is 0 Å². The summed E-state index contributed by atoms with van der Waals surface area (Å²) in [5.74, 6) is 0.661. The lowest BCUT2D eigenvalue weighted by atomic mass is 9.95. The Labute approximate surface area is 185 Å². The first-order valence-electron chi connectivity index (χ1n) is 11.3. The molecule has 1 saturated carbocycles. The van der Waals surface area contributed by atoms with Crippen LogP contribution in [0.3, 0.4) is 0 Å². The number of benzene rings is 2. The molecule has 2 aromatic carbocycles. The molecular formula is C26H34N2O3. The van der Waals surface area contributed by atoms with Gasteiger partial charge in [-0.2, -0.15) is 0 Å². The molecule has 0 spiro atoms. The van der Waals surface area contributed by atoms with Crippen LogP contribution in [0.4, 0.5) is 0 Å². The molecule has 0 aromatic heterocycles. The van der Waals surface area contributed by atoms with Crippen LogP contribution in [0.2, 0.25) is 0 Å². The molecule has 0 saturated heterocycles. The van der Waals surface area contributed by atoms with Gasteiger partial charge in [-0.1, -0.05) is 61.7 Å². The Bertz CT molecular complexity index is 847. The van der Waals surface area contributed by atoms with Crippen LogP contribution in [0.5, 0.6) is 5.75 Å². The minimum atomic E-state index is -0.531. The molecule has 2 aromatic rings. The van der Waals surface area contributed by atoms with Gasteiger partial charge in [-0.15, -0.1) is 0 Å². The fourth-order valence-corrected chi connectivity index (χ4v) is 4.16. The third-order valence-corrected chi connectivity index (χ3v) is 6.08. The number of carbonyl (C=O) groups excluding carboxylic acids is 2. The molecule has 5 nitrogen and oxygen atoms in total. The topological polar surface area (TPSA) is 58.6 Å². The van der Waals surface area contributed by atoms with Crippen molar-refractivity contribution in [2.24, 2.45) is 0 Å². The lowest BCUT2D eigenvalue weighted by Gasteiger charge is -2.31. The van der Waals surface area contributed by atoms with Crippen molar-refractivity contribution in [3.63, 3.8) is 0 Å². The summed E-state index contributed by atoms with van der Waals surface area (Å²) in [5.41, 5.74) is 2.07. The van der Waals surface area contributed by atoms with Gasteiger partial charge in [0, 0.05) is 19.0 Å². The summed E-state index contributed by atoms with van der Waals surface area (Å²) in [6.45, 7) is 2.21. The van der Waals surface area contributed by atoms with Crippen molar-refractivity contribution in [2.75, 3.05) is 7.11 Å². The molecule has 166 valence electrons. The molecule has 5 heteroatoms. The predicted octanol–water partition coefficient (Wildman–Crippen LogP) is 4.49. The Morgan fingerprint density at radius 2 is 1.74 bits per heavy atom. The van der Waals surface area contributed by atoms with Crippen LogP contribution in [0.1, 0.15) is 56.6 Å². The molecule has 0 heterocycles. The van der Waals surface area contributed by atoms with Crippen LogP contribution in [0.25, 0.3) is 0 Å². The van der Waals surface area contributed by atoms with E-state index in [1.165, 1.54) is 6.42 Å². The third-order valence-electron chi connectivity index (χ3n) is 6.08. The number of nitrogens with zero attached hydrogens (tertiary/aromatic N) is 1. The van der Waals surface area contributed by atoms with Crippen molar-refractivity contribution in [1.82, 2.24) is 10.2 Å². The first-order valence-corrected chi connectivity index (χ1v) is 11.3. The predicted molar refractivity (Wildman–Crippen MR) is 123 cm³/mol. The first kappa shape index (κ1) is 22.9. The minimum Gasteiger partial charge on any atom is -0.497 e. The summed E-state index contributed by atoms with van der Waals surface area (Å²) < 4.78 is 5.33. The van der Waals surface area contributed by atoms with Crippen molar-refractivity contribution in [3.05, 3.63) is 65.7 Å². The van der Waals surface area contributed by atoms with E-state index in [2.05, 4.69) is 5.32 Å². The summed E-state index contributed by atoms with van der Waals surface area (Å²) in [6, 6.07) is 17.4. The SMILES string of the molecule is COc1cccc(CN(C(=O)CCc2ccccc2)[C@H](C)C(=O)NC2CCCCC2)c1. The number of methoxy groups -OCH3 is 1. The molecule has 1 aliphatic carbocycles. The average Bonchev–Trinajstić information content (AvgIpc) is 2.82. The standard InChI is InChI=1S/C26H34N2O3/c1-20(26(30)27-23-13-7-4-8-14-23)28(19-22-12-9-15-24(18-22)31-2)25(29)17-16-21-10-5-3-6-11-21/h3,5-6,9-12,15,18,20,23H,4,7-8,13-14,16-17,19H2,1-2H3,(H,27,30)/t20-/m1/s1. The lowest BCUT2D eigenvalue weighted by Crippen LogP contribution is -2.50. The number of amides is 2. The van der Waals surface area contributed by atoms with Crippen LogP contribution in [0.15, 0.2) is 54.6 Å². The van der Waals surface area contributed by atoms with Gasteiger partial charge in [0.05, 0.1) is 7.11 Å². The number of rotatable bonds is 9. The third kappa shape index (κ3) is 6.84. The van der Waals surface area contributed by atoms with Crippen LogP contribution in [-0.4, -0.2) is 35.9 Å². The number of hydrogen-bond acceptors (Lipinski definition) is 3. The highest BCUT2D eigenvalue weighted by Crippen LogP contribution is 2.20. The van der Waals surface area contributed by atoms with Crippen molar-refractivity contribution >= 4 is 11.8 Å². The van der Waals surface area contributed by atoms with Crippen LogP contribution in [-0.2, 0) is 22.6 Å². The van der Waals surface area contributed by atoms with Gasteiger partial charge >= 0.3 is 0 Å². The molecule has 0 unspecified atom stereocenters. The maximum Gasteiger partial charge on any atom is 0.242 e. The first-order chi connectivity index (χ1) is 15.1. The largest absolute Gasteiger partial charge is 0.497 e. The van der Waals surface area contributed by atoms with E-state index in [0.29, 0.717) is 19.4 Å². The number of ether oxygens (including phenoxy) is 1. The maximum atomic E-state index is 13.2. The zero-order chi connectivity index (χ0) is 22.1. The molecule has 1 aliphatic rings. The number of hydrogen-bond donors (Lipinski definition) is 1. The summed E-state index contributed by atoms with van der Waals surface area (Å²) in [7, 11) is 1.63. The smallest absolute Gasteiger partial charge is 0.242 e. The molecule has 1 N–H and O–H groups in total. The molecule has 1 atom stereocenters. The van der Waals surface area contributed by atoms with Gasteiger partial charge in [-0.05, 0) is 49.4 Å². The number of nitrogens with one attached hydrogen (secondary N) is 1. The molecule has 0 aliphatic heterocycles. The van der Waals surface area contributed by atoms with Crippen molar-refractivity contribution < 1.29 is 14.3 Å². The molecule has 0 radical (unpaired) electrons. The van der Waals surface area contributed by atoms with E-state index in [-0.39, 0.29) is 17.9 Å². The number of aryl methyl sites for hydroxylation is 1. The van der Waals surface area contributed by atoms with Gasteiger partial charge in [0.2, 0.25) is 11.8 Å². The van der Waals surface area contributed by atoms with E-state index in [1.54, 1.807) is 12.0 Å². The lowest BCUT2D eigenvalue weighted by molar-refractivity contribution is -0.141. The van der Waals surface area contributed by atoms with Crippen LogP contribution in [0, 0.1) is 0 Å². The highest BCUT2D eigenvalue weighted by molar-refractivity contribution is 5.87. The zero-order valence-corrected chi connectivity index (χ0v) is 18.7. The number of carbonyl (C=O) groups is 2. The highest BCUT2D eigenvalue weighted by Gasteiger charge is 2.28. The van der Waals surface area contributed by atoms with Crippen molar-refractivity contribution in [3.8, 4) is 5.75 Å². The highest BCUT2D eigenvalue weighted by atomic mass is 16.5. The van der Waals surface area contributed by atoms with E-state index in [1.807, 2.05) is 61.5 Å². The molecule has 31 heavy (non-hydrogen) atoms. The molecule has 1 fully saturated rings. The zero-order valence-electron chi connectivity index (χ0n) is 18.7. The quantitative estimate of drug-likeness (QED) is 0.648. The van der Waals surface area contributed by atoms with Gasteiger partial charge in [-0.25, -0.2) is 0 Å². The summed E-state index contributed by atoms with van der Waals surface area (Å²) in [4.78, 5) is 27.9. The summed E-state index contributed by atoms with van der Waals surface area (Å²) in [6.07, 6.45) is 6.63. The maximum absolute atomic E-state index is 13.2. The van der Waals surface area contributed by atoms with E-state index in [4.69, 9.17) is 4.74 Å². The van der Waals surface area contributed by atoms with Gasteiger partial charge in [-0.3, -0.25) is 9.59 Å². The average molecular weight is 423 g/mol. The van der Waals surface area contributed by atoms with Crippen molar-refractivity contribution in [1.29, 1.82) is 0 Å². The second-order valence-electron chi connectivity index (χ2n) is 8.38. The van der Waals surface area contributed by atoms with E-state index in [9.17, 15) is 9.59 Å². The van der Waals surface area contributed by atoms with E-state index < -0.39 is 6.04 Å². The Morgan fingerprint density at radius 3 is 2.45 bits per heavy atom. The van der Waals surface area contributed by atoms with Gasteiger partial charge in [0.1, 0.15) is 11.8 Å². The Balaban J connectivity index is 1.71. The second kappa shape index (κ2) is 11.5. The summed E-state index contributed by atoms with van der Waals surface area (Å²) in [5, 5.41) is 3.18. The molecular weight excluding hydrogens is 388 g/mol. The second-order valence-corrected chi connectivity index (χ2v) is 8.38. The van der Waals surface area contributed by atoms with Crippen LogP contribution < -0.4 is 10.1 Å². The van der Waals surface area contributed by atoms with Crippen molar-refractivity contribution in [2.45, 2.75) is 70.5 Å². The Hall–Kier alpha value is -2.82. The van der Waals surface area contributed by atoms with Crippen LogP contribution >= 0.6 is 0 Å². The minimum absolute atomic E-state index is 0.0158. The van der Waals surface area contributed by atoms with E-state index >= 15 is 0 Å². The van der Waals surface area contributed by atoms with Gasteiger partial charge in [0.15, 0.2) is 0 Å². The Morgan fingerprint density at radius 1 is 1.03 bits per heavy atom. The summed E-state index contributed by atoms with van der Waals surface area (Å²) >= 11 is 0.